The molecule has 0 bridgehead atoms. The van der Waals surface area contributed by atoms with Gasteiger partial charge in [-0.3, -0.25) is 0 Å². The Morgan fingerprint density at radius 3 is 1.12 bits per heavy atom. The molecule has 0 aliphatic heterocycles. The molecule has 2 aromatic rings. The predicted molar refractivity (Wildman–Crippen MR) is 107 cm³/mol. The second kappa shape index (κ2) is 9.17. The highest BCUT2D eigenvalue weighted by Gasteiger charge is 2.05. The van der Waals surface area contributed by atoms with Crippen LogP contribution in [0.25, 0.3) is 0 Å². The number of benzene rings is 2. The van der Waals surface area contributed by atoms with Crippen LogP contribution in [0.2, 0.25) is 0 Å². The molecule has 2 heteroatoms. The Morgan fingerprint density at radius 2 is 0.875 bits per heavy atom. The molecule has 0 radical (unpaired) electrons. The van der Waals surface area contributed by atoms with Crippen molar-refractivity contribution in [3.63, 3.8) is 0 Å². The first-order chi connectivity index (χ1) is 11.7. The molecular weight excluding hydrogens is 292 g/mol. The summed E-state index contributed by atoms with van der Waals surface area (Å²) in [7, 11) is 0. The molecular formula is C22H30N2. The molecule has 24 heavy (non-hydrogen) atoms. The van der Waals surface area contributed by atoms with Crippen LogP contribution >= 0.6 is 0 Å². The molecule has 0 heterocycles. The number of para-hydroxylation sites is 2. The lowest BCUT2D eigenvalue weighted by atomic mass is 10.0. The van der Waals surface area contributed by atoms with Gasteiger partial charge in [-0.2, -0.15) is 0 Å². The first-order valence-corrected chi connectivity index (χ1v) is 9.14. The summed E-state index contributed by atoms with van der Waals surface area (Å²) in [4.78, 5) is 0. The summed E-state index contributed by atoms with van der Waals surface area (Å²) < 4.78 is 0. The van der Waals surface area contributed by atoms with E-state index in [0.29, 0.717) is 0 Å². The molecule has 2 rings (SSSR count). The maximum atomic E-state index is 3.49. The summed E-state index contributed by atoms with van der Waals surface area (Å²) in [6.07, 6.45) is 8.18. The van der Waals surface area contributed by atoms with Crippen molar-refractivity contribution in [1.82, 2.24) is 0 Å². The van der Waals surface area contributed by atoms with E-state index in [1.165, 1.54) is 33.6 Å². The summed E-state index contributed by atoms with van der Waals surface area (Å²) >= 11 is 0. The van der Waals surface area contributed by atoms with Gasteiger partial charge in [-0.15, -0.1) is 0 Å². The van der Waals surface area contributed by atoms with Crippen LogP contribution in [0.3, 0.4) is 0 Å². The lowest BCUT2D eigenvalue weighted by Gasteiger charge is -2.14. The Morgan fingerprint density at radius 1 is 0.583 bits per heavy atom. The molecule has 0 unspecified atom stereocenters. The van der Waals surface area contributed by atoms with E-state index < -0.39 is 0 Å². The molecule has 0 fully saturated rings. The quantitative estimate of drug-likeness (QED) is 0.629. The number of nitrogens with one attached hydrogen (secondary N) is 2. The average molecular weight is 322 g/mol. The van der Waals surface area contributed by atoms with Crippen LogP contribution in [-0.2, 0) is 25.7 Å². The molecule has 2 N–H and O–H groups in total. The minimum Gasteiger partial charge on any atom is -0.360 e. The molecule has 128 valence electrons. The molecule has 0 saturated carbocycles. The third-order valence-corrected chi connectivity index (χ3v) is 4.54. The Kier molecular flexibility index (Phi) is 6.92. The fraction of sp³-hybridized carbons (Fsp3) is 0.364. The largest absolute Gasteiger partial charge is 0.360 e. The van der Waals surface area contributed by atoms with Gasteiger partial charge in [0, 0.05) is 23.8 Å². The van der Waals surface area contributed by atoms with Crippen LogP contribution in [0.1, 0.15) is 49.9 Å². The van der Waals surface area contributed by atoms with Gasteiger partial charge in [0.1, 0.15) is 0 Å². The molecule has 0 aliphatic rings. The van der Waals surface area contributed by atoms with E-state index in [1.807, 2.05) is 12.4 Å². The van der Waals surface area contributed by atoms with Crippen LogP contribution in [-0.4, -0.2) is 0 Å². The first-order valence-electron chi connectivity index (χ1n) is 9.14. The summed E-state index contributed by atoms with van der Waals surface area (Å²) in [5.74, 6) is 0. The van der Waals surface area contributed by atoms with Crippen molar-refractivity contribution in [1.29, 1.82) is 0 Å². The minimum atomic E-state index is 1.04. The molecule has 2 nitrogen and oxygen atoms in total. The Bertz CT molecular complexity index is 582. The SMILES string of the molecule is CCc1cccc(CC)c1NC=CNc1c(CC)cccc1CC. The van der Waals surface area contributed by atoms with Gasteiger partial charge in [-0.25, -0.2) is 0 Å². The zero-order chi connectivity index (χ0) is 17.4. The second-order valence-electron chi connectivity index (χ2n) is 5.94. The predicted octanol–water partition coefficient (Wildman–Crippen LogP) is 5.93. The lowest BCUT2D eigenvalue weighted by Crippen LogP contribution is -2.02. The van der Waals surface area contributed by atoms with Crippen molar-refractivity contribution >= 4 is 11.4 Å². The number of rotatable bonds is 8. The molecule has 0 saturated heterocycles. The van der Waals surface area contributed by atoms with E-state index in [9.17, 15) is 0 Å². The third kappa shape index (κ3) is 4.19. The van der Waals surface area contributed by atoms with E-state index in [0.717, 1.165) is 25.7 Å². The van der Waals surface area contributed by atoms with Gasteiger partial charge in [0.05, 0.1) is 0 Å². The van der Waals surface area contributed by atoms with E-state index in [1.54, 1.807) is 0 Å². The van der Waals surface area contributed by atoms with Gasteiger partial charge in [0.15, 0.2) is 0 Å². The molecule has 0 amide bonds. The van der Waals surface area contributed by atoms with Crippen molar-refractivity contribution in [3.05, 3.63) is 71.1 Å². The Hall–Kier alpha value is -2.22. The van der Waals surface area contributed by atoms with Crippen LogP contribution < -0.4 is 10.6 Å². The van der Waals surface area contributed by atoms with Gasteiger partial charge in [-0.1, -0.05) is 64.1 Å². The van der Waals surface area contributed by atoms with Crippen molar-refractivity contribution in [3.8, 4) is 0 Å². The number of aryl methyl sites for hydroxylation is 4. The lowest BCUT2D eigenvalue weighted by molar-refractivity contribution is 1.09. The minimum absolute atomic E-state index is 1.04. The van der Waals surface area contributed by atoms with E-state index in [4.69, 9.17) is 0 Å². The molecule has 0 aromatic heterocycles. The standard InChI is InChI=1S/C22H30N2/c1-5-17-11-9-12-18(6-2)21(17)23-15-16-24-22-19(7-3)13-10-14-20(22)8-4/h9-16,23-24H,5-8H2,1-4H3. The topological polar surface area (TPSA) is 24.1 Å². The van der Waals surface area contributed by atoms with Gasteiger partial charge in [-0.05, 0) is 47.9 Å². The van der Waals surface area contributed by atoms with Gasteiger partial charge < -0.3 is 10.6 Å². The highest BCUT2D eigenvalue weighted by Crippen LogP contribution is 2.24. The normalized spacial score (nSPS) is 11.0. The van der Waals surface area contributed by atoms with Crippen molar-refractivity contribution < 1.29 is 0 Å². The molecule has 0 aliphatic carbocycles. The van der Waals surface area contributed by atoms with Crippen LogP contribution in [0, 0.1) is 0 Å². The average Bonchev–Trinajstić information content (AvgIpc) is 2.64. The zero-order valence-corrected chi connectivity index (χ0v) is 15.4. The van der Waals surface area contributed by atoms with Crippen molar-refractivity contribution in [2.24, 2.45) is 0 Å². The van der Waals surface area contributed by atoms with Crippen LogP contribution in [0.15, 0.2) is 48.8 Å². The fourth-order valence-electron chi connectivity index (χ4n) is 3.11. The number of hydrogen-bond donors (Lipinski definition) is 2. The summed E-state index contributed by atoms with van der Waals surface area (Å²) in [5, 5.41) is 6.97. The number of anilines is 2. The van der Waals surface area contributed by atoms with E-state index in [-0.39, 0.29) is 0 Å². The highest BCUT2D eigenvalue weighted by atomic mass is 14.9. The summed E-state index contributed by atoms with van der Waals surface area (Å²) in [6, 6.07) is 13.1. The summed E-state index contributed by atoms with van der Waals surface area (Å²) in [6.45, 7) is 8.81. The highest BCUT2D eigenvalue weighted by molar-refractivity contribution is 5.61. The van der Waals surface area contributed by atoms with E-state index >= 15 is 0 Å². The molecule has 0 atom stereocenters. The van der Waals surface area contributed by atoms with Crippen LogP contribution in [0.5, 0.6) is 0 Å². The number of hydrogen-bond acceptors (Lipinski definition) is 2. The van der Waals surface area contributed by atoms with E-state index in [2.05, 4.69) is 74.7 Å². The smallest absolute Gasteiger partial charge is 0.0445 e. The van der Waals surface area contributed by atoms with Crippen molar-refractivity contribution in [2.45, 2.75) is 53.4 Å². The fourth-order valence-corrected chi connectivity index (χ4v) is 3.11. The molecule has 2 aromatic carbocycles. The molecule has 0 spiro atoms. The first kappa shape index (κ1) is 18.1. The van der Waals surface area contributed by atoms with Crippen molar-refractivity contribution in [2.75, 3.05) is 10.6 Å². The zero-order valence-electron chi connectivity index (χ0n) is 15.4. The monoisotopic (exact) mass is 322 g/mol. The van der Waals surface area contributed by atoms with Gasteiger partial charge in [0.25, 0.3) is 0 Å². The maximum absolute atomic E-state index is 3.49. The Labute approximate surface area is 147 Å². The third-order valence-electron chi connectivity index (χ3n) is 4.54. The maximum Gasteiger partial charge on any atom is 0.0445 e. The Balaban J connectivity index is 2.15. The summed E-state index contributed by atoms with van der Waals surface area (Å²) in [5.41, 5.74) is 7.95. The van der Waals surface area contributed by atoms with Crippen LogP contribution in [0.4, 0.5) is 11.4 Å². The second-order valence-corrected chi connectivity index (χ2v) is 5.94. The van der Waals surface area contributed by atoms with Gasteiger partial charge in [0.2, 0.25) is 0 Å². The van der Waals surface area contributed by atoms with Gasteiger partial charge >= 0.3 is 0 Å².